The van der Waals surface area contributed by atoms with Crippen LogP contribution >= 0.6 is 7.60 Å². The van der Waals surface area contributed by atoms with Gasteiger partial charge in [0.25, 0.3) is 0 Å². The van der Waals surface area contributed by atoms with E-state index in [1.165, 1.54) is 7.11 Å². The van der Waals surface area contributed by atoms with Gasteiger partial charge in [-0.05, 0) is 12.8 Å². The van der Waals surface area contributed by atoms with Crippen molar-refractivity contribution in [3.05, 3.63) is 0 Å². The van der Waals surface area contributed by atoms with Crippen molar-refractivity contribution in [3.8, 4) is 0 Å². The summed E-state index contributed by atoms with van der Waals surface area (Å²) >= 11 is 0. The Morgan fingerprint density at radius 3 is 1.94 bits per heavy atom. The molecule has 0 saturated heterocycles. The second-order valence-electron chi connectivity index (χ2n) is 3.76. The molecule has 0 fully saturated rings. The van der Waals surface area contributed by atoms with Crippen molar-refractivity contribution in [1.82, 2.24) is 0 Å². The van der Waals surface area contributed by atoms with Crippen LogP contribution in [0.1, 0.15) is 38.5 Å². The van der Waals surface area contributed by atoms with Crippen LogP contribution in [0.4, 0.5) is 0 Å². The molecule has 0 radical (unpaired) electrons. The Hall–Kier alpha value is -0.870. The molecule has 6 nitrogen and oxygen atoms in total. The molecule has 0 rings (SSSR count). The predicted molar refractivity (Wildman–Crippen MR) is 61.6 cm³/mol. The van der Waals surface area contributed by atoms with Gasteiger partial charge in [-0.2, -0.15) is 0 Å². The molecule has 0 aliphatic carbocycles. The molecule has 0 amide bonds. The molecule has 0 bridgehead atoms. The number of hydrogen-bond acceptors (Lipinski definition) is 5. The molecule has 0 aliphatic heterocycles. The highest BCUT2D eigenvalue weighted by Crippen LogP contribution is 2.37. The van der Waals surface area contributed by atoms with Gasteiger partial charge in [0.05, 0.1) is 7.11 Å². The fourth-order valence-electron chi connectivity index (χ4n) is 1.23. The number of carbonyl (C=O) groups excluding carboxylic acids is 2. The van der Waals surface area contributed by atoms with Crippen molar-refractivity contribution in [3.63, 3.8) is 0 Å². The standard InChI is InChI=1S/C10H19O6P/c1-15-9(11)7-5-3-4-6-8-10(12)16-17(2,13)14/h3-8H2,1-2H3,(H,13,14). The summed E-state index contributed by atoms with van der Waals surface area (Å²) in [6.45, 7) is 0.973. The quantitative estimate of drug-likeness (QED) is 0.409. The molecule has 0 aromatic rings. The smallest absolute Gasteiger partial charge is 0.375 e. The van der Waals surface area contributed by atoms with Crippen LogP contribution in [-0.4, -0.2) is 30.6 Å². The van der Waals surface area contributed by atoms with Crippen molar-refractivity contribution >= 4 is 19.5 Å². The van der Waals surface area contributed by atoms with Gasteiger partial charge in [-0.3, -0.25) is 9.59 Å². The summed E-state index contributed by atoms with van der Waals surface area (Å²) in [5.74, 6) is -0.900. The predicted octanol–water partition coefficient (Wildman–Crippen LogP) is 1.86. The fraction of sp³-hybridized carbons (Fsp3) is 0.800. The second-order valence-corrected chi connectivity index (χ2v) is 5.55. The van der Waals surface area contributed by atoms with Gasteiger partial charge < -0.3 is 14.2 Å². The van der Waals surface area contributed by atoms with Gasteiger partial charge in [0.1, 0.15) is 0 Å². The number of carbonyl (C=O) groups is 2. The van der Waals surface area contributed by atoms with Crippen LogP contribution < -0.4 is 0 Å². The van der Waals surface area contributed by atoms with E-state index in [-0.39, 0.29) is 12.4 Å². The zero-order valence-corrected chi connectivity index (χ0v) is 11.1. The zero-order valence-electron chi connectivity index (χ0n) is 10.2. The van der Waals surface area contributed by atoms with E-state index in [0.29, 0.717) is 19.3 Å². The molecule has 7 heteroatoms. The maximum atomic E-state index is 11.0. The van der Waals surface area contributed by atoms with Gasteiger partial charge >= 0.3 is 19.5 Å². The van der Waals surface area contributed by atoms with Crippen LogP contribution in [-0.2, 0) is 23.4 Å². The summed E-state index contributed by atoms with van der Waals surface area (Å²) < 4.78 is 19.5. The Kier molecular flexibility index (Phi) is 7.83. The number of rotatable bonds is 8. The SMILES string of the molecule is COC(=O)CCCCCCC(=O)OP(C)(=O)O. The Bertz CT molecular complexity index is 295. The minimum atomic E-state index is -3.71. The first-order chi connectivity index (χ1) is 7.85. The molecule has 0 spiro atoms. The first kappa shape index (κ1) is 16.1. The van der Waals surface area contributed by atoms with E-state index >= 15 is 0 Å². The summed E-state index contributed by atoms with van der Waals surface area (Å²) in [7, 11) is -2.37. The van der Waals surface area contributed by atoms with E-state index in [1.54, 1.807) is 0 Å². The molecule has 0 saturated carbocycles. The third kappa shape index (κ3) is 11.4. The normalized spacial score (nSPS) is 13.8. The third-order valence-corrected chi connectivity index (χ3v) is 2.55. The molecule has 17 heavy (non-hydrogen) atoms. The van der Waals surface area contributed by atoms with Crippen LogP contribution in [0.25, 0.3) is 0 Å². The van der Waals surface area contributed by atoms with E-state index in [2.05, 4.69) is 9.26 Å². The van der Waals surface area contributed by atoms with Gasteiger partial charge in [-0.25, -0.2) is 4.57 Å². The lowest BCUT2D eigenvalue weighted by Gasteiger charge is -2.06. The topological polar surface area (TPSA) is 89.9 Å². The van der Waals surface area contributed by atoms with Crippen LogP contribution in [0.3, 0.4) is 0 Å². The van der Waals surface area contributed by atoms with Crippen molar-refractivity contribution in [2.45, 2.75) is 38.5 Å². The van der Waals surface area contributed by atoms with E-state index in [0.717, 1.165) is 19.5 Å². The number of ether oxygens (including phenoxy) is 1. The highest BCUT2D eigenvalue weighted by Gasteiger charge is 2.15. The molecule has 0 aliphatic rings. The monoisotopic (exact) mass is 266 g/mol. The summed E-state index contributed by atoms with van der Waals surface area (Å²) in [5, 5.41) is 0. The van der Waals surface area contributed by atoms with Gasteiger partial charge in [0.15, 0.2) is 0 Å². The molecule has 1 atom stereocenters. The molecular formula is C10H19O6P. The molecule has 0 aromatic carbocycles. The molecule has 1 N–H and O–H groups in total. The minimum Gasteiger partial charge on any atom is -0.469 e. The Labute approximate surface area is 101 Å². The lowest BCUT2D eigenvalue weighted by atomic mass is 10.1. The summed E-state index contributed by atoms with van der Waals surface area (Å²) in [4.78, 5) is 30.5. The van der Waals surface area contributed by atoms with Gasteiger partial charge in [0, 0.05) is 19.5 Å². The summed E-state index contributed by atoms with van der Waals surface area (Å²) in [5.41, 5.74) is 0. The zero-order chi connectivity index (χ0) is 13.3. The van der Waals surface area contributed by atoms with Gasteiger partial charge in [-0.1, -0.05) is 12.8 Å². The van der Waals surface area contributed by atoms with Crippen LogP contribution in [0, 0.1) is 0 Å². The van der Waals surface area contributed by atoms with E-state index < -0.39 is 13.6 Å². The van der Waals surface area contributed by atoms with Gasteiger partial charge in [-0.15, -0.1) is 0 Å². The molecule has 0 aromatic heterocycles. The van der Waals surface area contributed by atoms with Crippen molar-refractivity contribution in [2.75, 3.05) is 13.8 Å². The largest absolute Gasteiger partial charge is 0.469 e. The number of esters is 1. The summed E-state index contributed by atoms with van der Waals surface area (Å²) in [6.07, 6.45) is 3.38. The molecule has 1 unspecified atom stereocenters. The highest BCUT2D eigenvalue weighted by molar-refractivity contribution is 7.52. The number of hydrogen-bond donors (Lipinski definition) is 1. The second kappa shape index (κ2) is 8.25. The molecular weight excluding hydrogens is 247 g/mol. The fourth-order valence-corrected chi connectivity index (χ4v) is 1.70. The summed E-state index contributed by atoms with van der Waals surface area (Å²) in [6, 6.07) is 0. The van der Waals surface area contributed by atoms with Crippen LogP contribution in [0.5, 0.6) is 0 Å². The Morgan fingerprint density at radius 2 is 1.53 bits per heavy atom. The lowest BCUT2D eigenvalue weighted by molar-refractivity contribution is -0.141. The lowest BCUT2D eigenvalue weighted by Crippen LogP contribution is -2.02. The number of methoxy groups -OCH3 is 1. The van der Waals surface area contributed by atoms with E-state index in [9.17, 15) is 14.2 Å². The van der Waals surface area contributed by atoms with E-state index in [1.807, 2.05) is 0 Å². The van der Waals surface area contributed by atoms with Crippen LogP contribution in [0.2, 0.25) is 0 Å². The first-order valence-electron chi connectivity index (χ1n) is 5.44. The Balaban J connectivity index is 3.43. The van der Waals surface area contributed by atoms with E-state index in [4.69, 9.17) is 4.89 Å². The highest BCUT2D eigenvalue weighted by atomic mass is 31.2. The maximum absolute atomic E-state index is 11.0. The average molecular weight is 266 g/mol. The molecule has 0 heterocycles. The van der Waals surface area contributed by atoms with Crippen molar-refractivity contribution in [1.29, 1.82) is 0 Å². The number of unbranched alkanes of at least 4 members (excludes halogenated alkanes) is 3. The average Bonchev–Trinajstić information content (AvgIpc) is 2.20. The Morgan fingerprint density at radius 1 is 1.06 bits per heavy atom. The first-order valence-corrected chi connectivity index (χ1v) is 7.47. The van der Waals surface area contributed by atoms with Gasteiger partial charge in [0.2, 0.25) is 0 Å². The maximum Gasteiger partial charge on any atom is 0.375 e. The van der Waals surface area contributed by atoms with Crippen molar-refractivity contribution in [2.24, 2.45) is 0 Å². The third-order valence-electron chi connectivity index (χ3n) is 2.01. The van der Waals surface area contributed by atoms with Crippen LogP contribution in [0.15, 0.2) is 0 Å². The van der Waals surface area contributed by atoms with Crippen molar-refractivity contribution < 1.29 is 28.3 Å². The molecule has 100 valence electrons. The minimum absolute atomic E-state index is 0.122.